The van der Waals surface area contributed by atoms with E-state index >= 15 is 0 Å². The van der Waals surface area contributed by atoms with Crippen molar-refractivity contribution in [1.82, 2.24) is 4.90 Å². The molecule has 39 heavy (non-hydrogen) atoms. The predicted molar refractivity (Wildman–Crippen MR) is 153 cm³/mol. The van der Waals surface area contributed by atoms with E-state index in [1.807, 2.05) is 36.4 Å². The SMILES string of the molecule is CCC[C@@H](CC(=O)O)c1cccc(OCc2ccc(-c3cc(OC)ccc3F)c(CN3CCCCCC3)c2)c1. The van der Waals surface area contributed by atoms with E-state index in [1.54, 1.807) is 19.2 Å². The molecule has 3 aromatic carbocycles. The van der Waals surface area contributed by atoms with Gasteiger partial charge in [-0.15, -0.1) is 0 Å². The molecule has 0 spiro atoms. The molecule has 1 aliphatic heterocycles. The van der Waals surface area contributed by atoms with Gasteiger partial charge in [-0.2, -0.15) is 0 Å². The largest absolute Gasteiger partial charge is 0.497 e. The van der Waals surface area contributed by atoms with Gasteiger partial charge in [-0.25, -0.2) is 4.39 Å². The van der Waals surface area contributed by atoms with Crippen LogP contribution in [0.2, 0.25) is 0 Å². The third-order valence-electron chi connectivity index (χ3n) is 7.52. The second-order valence-corrected chi connectivity index (χ2v) is 10.5. The third kappa shape index (κ3) is 8.06. The molecule has 0 amide bonds. The quantitative estimate of drug-likeness (QED) is 0.257. The van der Waals surface area contributed by atoms with E-state index in [1.165, 1.54) is 31.7 Å². The Hall–Kier alpha value is -3.38. The van der Waals surface area contributed by atoms with Gasteiger partial charge in [0.05, 0.1) is 13.5 Å². The number of ether oxygens (including phenoxy) is 2. The van der Waals surface area contributed by atoms with E-state index in [9.17, 15) is 14.3 Å². The summed E-state index contributed by atoms with van der Waals surface area (Å²) in [6.07, 6.45) is 6.73. The topological polar surface area (TPSA) is 59.0 Å². The van der Waals surface area contributed by atoms with E-state index in [0.29, 0.717) is 17.9 Å². The normalized spacial score (nSPS) is 14.9. The fraction of sp³-hybridized carbons (Fsp3) is 0.424. The van der Waals surface area contributed by atoms with Crippen LogP contribution in [0.4, 0.5) is 4.39 Å². The highest BCUT2D eigenvalue weighted by Gasteiger charge is 2.18. The number of hydrogen-bond acceptors (Lipinski definition) is 4. The van der Waals surface area contributed by atoms with Crippen molar-refractivity contribution in [2.45, 2.75) is 70.9 Å². The van der Waals surface area contributed by atoms with Crippen LogP contribution in [0, 0.1) is 5.82 Å². The van der Waals surface area contributed by atoms with Crippen LogP contribution in [-0.4, -0.2) is 36.2 Å². The molecule has 0 aromatic heterocycles. The maximum absolute atomic E-state index is 15.0. The monoisotopic (exact) mass is 533 g/mol. The minimum atomic E-state index is -0.788. The number of likely N-dealkylation sites (tertiary alicyclic amines) is 1. The molecule has 1 atom stereocenters. The first-order valence-corrected chi connectivity index (χ1v) is 14.1. The van der Waals surface area contributed by atoms with Crippen molar-refractivity contribution in [3.05, 3.63) is 83.2 Å². The summed E-state index contributed by atoms with van der Waals surface area (Å²) in [5.41, 5.74) is 4.48. The Labute approximate surface area is 231 Å². The number of carbonyl (C=O) groups is 1. The Balaban J connectivity index is 1.58. The van der Waals surface area contributed by atoms with Crippen LogP contribution in [0.25, 0.3) is 11.1 Å². The van der Waals surface area contributed by atoms with Gasteiger partial charge in [0, 0.05) is 12.1 Å². The molecule has 5 nitrogen and oxygen atoms in total. The van der Waals surface area contributed by atoms with Crippen molar-refractivity contribution >= 4 is 5.97 Å². The molecule has 208 valence electrons. The lowest BCUT2D eigenvalue weighted by atomic mass is 9.91. The number of carboxylic acids is 1. The summed E-state index contributed by atoms with van der Waals surface area (Å²) in [7, 11) is 1.59. The molecule has 1 fully saturated rings. The zero-order valence-corrected chi connectivity index (χ0v) is 23.1. The van der Waals surface area contributed by atoms with Gasteiger partial charge in [0.25, 0.3) is 0 Å². The zero-order valence-electron chi connectivity index (χ0n) is 23.1. The molecule has 1 N–H and O–H groups in total. The van der Waals surface area contributed by atoms with Crippen LogP contribution in [0.15, 0.2) is 60.7 Å². The van der Waals surface area contributed by atoms with Gasteiger partial charge in [-0.05, 0) is 90.9 Å². The van der Waals surface area contributed by atoms with Crippen LogP contribution in [-0.2, 0) is 17.9 Å². The summed E-state index contributed by atoms with van der Waals surface area (Å²) < 4.78 is 26.6. The fourth-order valence-corrected chi connectivity index (χ4v) is 5.47. The summed E-state index contributed by atoms with van der Waals surface area (Å²) in [5.74, 6) is 0.258. The van der Waals surface area contributed by atoms with Crippen molar-refractivity contribution in [3.63, 3.8) is 0 Å². The van der Waals surface area contributed by atoms with E-state index in [4.69, 9.17) is 9.47 Å². The summed E-state index contributed by atoms with van der Waals surface area (Å²) in [5, 5.41) is 9.34. The summed E-state index contributed by atoms with van der Waals surface area (Å²) >= 11 is 0. The van der Waals surface area contributed by atoms with Gasteiger partial charge < -0.3 is 14.6 Å². The summed E-state index contributed by atoms with van der Waals surface area (Å²) in [4.78, 5) is 13.8. The van der Waals surface area contributed by atoms with Crippen molar-refractivity contribution in [3.8, 4) is 22.6 Å². The lowest BCUT2D eigenvalue weighted by molar-refractivity contribution is -0.137. The highest BCUT2D eigenvalue weighted by Crippen LogP contribution is 2.33. The average Bonchev–Trinajstić information content (AvgIpc) is 3.21. The Kier molecular flexibility index (Phi) is 10.4. The lowest BCUT2D eigenvalue weighted by Gasteiger charge is -2.23. The smallest absolute Gasteiger partial charge is 0.303 e. The van der Waals surface area contributed by atoms with Gasteiger partial charge in [-0.3, -0.25) is 9.69 Å². The molecule has 6 heteroatoms. The molecule has 1 aliphatic rings. The molecule has 4 rings (SSSR count). The van der Waals surface area contributed by atoms with Gasteiger partial charge in [0.15, 0.2) is 0 Å². The van der Waals surface area contributed by atoms with Crippen LogP contribution in [0.3, 0.4) is 0 Å². The molecule has 0 unspecified atom stereocenters. The van der Waals surface area contributed by atoms with Crippen LogP contribution >= 0.6 is 0 Å². The van der Waals surface area contributed by atoms with Crippen molar-refractivity contribution in [2.75, 3.05) is 20.2 Å². The maximum atomic E-state index is 15.0. The molecular formula is C33H40FNO4. The molecular weight excluding hydrogens is 493 g/mol. The van der Waals surface area contributed by atoms with E-state index < -0.39 is 5.97 Å². The first-order chi connectivity index (χ1) is 19.0. The first-order valence-electron chi connectivity index (χ1n) is 14.1. The van der Waals surface area contributed by atoms with E-state index in [-0.39, 0.29) is 18.2 Å². The Morgan fingerprint density at radius 2 is 1.77 bits per heavy atom. The number of carboxylic acid groups (broad SMARTS) is 1. The molecule has 0 radical (unpaired) electrons. The van der Waals surface area contributed by atoms with E-state index in [0.717, 1.165) is 60.5 Å². The van der Waals surface area contributed by atoms with Crippen LogP contribution < -0.4 is 9.47 Å². The minimum Gasteiger partial charge on any atom is -0.497 e. The van der Waals surface area contributed by atoms with Gasteiger partial charge in [-0.1, -0.05) is 56.5 Å². The number of rotatable bonds is 12. The number of hydrogen-bond donors (Lipinski definition) is 1. The number of aliphatic carboxylic acids is 1. The number of benzene rings is 3. The molecule has 1 heterocycles. The Morgan fingerprint density at radius 3 is 2.49 bits per heavy atom. The second kappa shape index (κ2) is 14.1. The first kappa shape index (κ1) is 28.6. The molecule has 0 aliphatic carbocycles. The highest BCUT2D eigenvalue weighted by atomic mass is 19.1. The number of methoxy groups -OCH3 is 1. The van der Waals surface area contributed by atoms with Crippen LogP contribution in [0.5, 0.6) is 11.5 Å². The summed E-state index contributed by atoms with van der Waals surface area (Å²) in [6.45, 7) is 5.28. The Bertz CT molecular complexity index is 1240. The average molecular weight is 534 g/mol. The third-order valence-corrected chi connectivity index (χ3v) is 7.52. The molecule has 3 aromatic rings. The lowest BCUT2D eigenvalue weighted by Crippen LogP contribution is -2.24. The van der Waals surface area contributed by atoms with E-state index in [2.05, 4.69) is 17.9 Å². The standard InChI is InChI=1S/C33H40FNO4/c1-3-9-25(20-33(36)37)26-10-8-11-29(19-26)39-23-24-12-14-30(31-21-28(38-2)13-15-32(31)34)27(18-24)22-35-16-6-4-5-7-17-35/h8,10-15,18-19,21,25H,3-7,9,16-17,20,22-23H2,1-2H3,(H,36,37)/t25-/m0/s1. The minimum absolute atomic E-state index is 0.0340. The number of nitrogens with zero attached hydrogens (tertiary/aromatic N) is 1. The van der Waals surface area contributed by atoms with Gasteiger partial charge >= 0.3 is 5.97 Å². The molecule has 0 bridgehead atoms. The van der Waals surface area contributed by atoms with Crippen molar-refractivity contribution in [2.24, 2.45) is 0 Å². The fourth-order valence-electron chi connectivity index (χ4n) is 5.47. The van der Waals surface area contributed by atoms with Crippen molar-refractivity contribution < 1.29 is 23.8 Å². The van der Waals surface area contributed by atoms with Gasteiger partial charge in [0.2, 0.25) is 0 Å². The Morgan fingerprint density at radius 1 is 0.974 bits per heavy atom. The molecule has 0 saturated carbocycles. The summed E-state index contributed by atoms with van der Waals surface area (Å²) in [6, 6.07) is 18.8. The predicted octanol–water partition coefficient (Wildman–Crippen LogP) is 7.81. The molecule has 1 saturated heterocycles. The van der Waals surface area contributed by atoms with Crippen molar-refractivity contribution in [1.29, 1.82) is 0 Å². The highest BCUT2D eigenvalue weighted by molar-refractivity contribution is 5.70. The second-order valence-electron chi connectivity index (χ2n) is 10.5. The zero-order chi connectivity index (χ0) is 27.6. The van der Waals surface area contributed by atoms with Crippen LogP contribution in [0.1, 0.15) is 74.5 Å². The maximum Gasteiger partial charge on any atom is 0.303 e. The van der Waals surface area contributed by atoms with Gasteiger partial charge in [0.1, 0.15) is 23.9 Å². The number of halogens is 1.